The number of benzene rings is 2. The molecule has 1 aliphatic heterocycles. The van der Waals surface area contributed by atoms with E-state index in [2.05, 4.69) is 30.4 Å². The summed E-state index contributed by atoms with van der Waals surface area (Å²) in [6.07, 6.45) is 4.35. The van der Waals surface area contributed by atoms with Crippen LogP contribution in [0.25, 0.3) is 0 Å². The predicted octanol–water partition coefficient (Wildman–Crippen LogP) is 4.15. The van der Waals surface area contributed by atoms with Gasteiger partial charge >= 0.3 is 0 Å². The number of hydrogen-bond acceptors (Lipinski definition) is 6. The minimum atomic E-state index is -3.79. The molecule has 2 aromatic rings. The quantitative estimate of drug-likeness (QED) is 0.586. The predicted molar refractivity (Wildman–Crippen MR) is 142 cm³/mol. The first-order chi connectivity index (χ1) is 16.8. The Morgan fingerprint density at radius 3 is 2.51 bits per heavy atom. The number of ether oxygens (including phenoxy) is 2. The van der Waals surface area contributed by atoms with Crippen molar-refractivity contribution in [3.05, 3.63) is 65.4 Å². The van der Waals surface area contributed by atoms with Crippen molar-refractivity contribution in [1.82, 2.24) is 10.2 Å². The van der Waals surface area contributed by atoms with Crippen molar-refractivity contribution in [2.75, 3.05) is 58.4 Å². The topological polar surface area (TPSA) is 71.1 Å². The third-order valence-electron chi connectivity index (χ3n) is 6.45. The van der Waals surface area contributed by atoms with E-state index < -0.39 is 10.0 Å². The zero-order valence-corrected chi connectivity index (χ0v) is 22.4. The van der Waals surface area contributed by atoms with Gasteiger partial charge in [0.1, 0.15) is 5.75 Å². The van der Waals surface area contributed by atoms with Crippen molar-refractivity contribution in [3.63, 3.8) is 0 Å². The fourth-order valence-electron chi connectivity index (χ4n) is 4.48. The Bertz CT molecular complexity index is 1100. The van der Waals surface area contributed by atoms with Crippen molar-refractivity contribution in [3.8, 4) is 5.75 Å². The van der Waals surface area contributed by atoms with Crippen LogP contribution in [0.15, 0.2) is 59.1 Å². The van der Waals surface area contributed by atoms with Gasteiger partial charge in [0.2, 0.25) is 0 Å². The van der Waals surface area contributed by atoms with Gasteiger partial charge in [-0.25, -0.2) is 8.42 Å². The maximum absolute atomic E-state index is 13.8. The first kappa shape index (κ1) is 27.0. The third kappa shape index (κ3) is 6.99. The minimum absolute atomic E-state index is 0.218. The molecule has 1 aliphatic rings. The summed E-state index contributed by atoms with van der Waals surface area (Å²) in [5, 5.41) is 3.47. The van der Waals surface area contributed by atoms with Crippen LogP contribution in [0.4, 0.5) is 5.69 Å². The van der Waals surface area contributed by atoms with E-state index in [4.69, 9.17) is 9.47 Å². The molecule has 7 nitrogen and oxygen atoms in total. The van der Waals surface area contributed by atoms with Gasteiger partial charge in [0.15, 0.2) is 0 Å². The van der Waals surface area contributed by atoms with Crippen molar-refractivity contribution in [2.45, 2.75) is 37.5 Å². The van der Waals surface area contributed by atoms with Crippen LogP contribution >= 0.6 is 0 Å². The van der Waals surface area contributed by atoms with E-state index in [0.717, 1.165) is 43.6 Å². The summed E-state index contributed by atoms with van der Waals surface area (Å²) in [6, 6.07) is 12.8. The second kappa shape index (κ2) is 12.4. The molecule has 1 atom stereocenters. The molecule has 0 saturated heterocycles. The van der Waals surface area contributed by atoms with Crippen molar-refractivity contribution < 1.29 is 17.9 Å². The van der Waals surface area contributed by atoms with Gasteiger partial charge in [0.05, 0.1) is 30.8 Å². The highest BCUT2D eigenvalue weighted by Gasteiger charge is 2.27. The van der Waals surface area contributed by atoms with Crippen molar-refractivity contribution in [1.29, 1.82) is 0 Å². The number of hydrogen-bond donors (Lipinski definition) is 1. The second-order valence-corrected chi connectivity index (χ2v) is 11.1. The van der Waals surface area contributed by atoms with Crippen LogP contribution in [0.3, 0.4) is 0 Å². The lowest BCUT2D eigenvalue weighted by Crippen LogP contribution is -2.34. The third-order valence-corrected chi connectivity index (χ3v) is 8.44. The van der Waals surface area contributed by atoms with Crippen LogP contribution in [0.1, 0.15) is 36.8 Å². The van der Waals surface area contributed by atoms with E-state index in [0.29, 0.717) is 16.3 Å². The summed E-state index contributed by atoms with van der Waals surface area (Å²) in [7, 11) is 1.52. The molecule has 8 heteroatoms. The molecule has 0 aliphatic carbocycles. The van der Waals surface area contributed by atoms with Gasteiger partial charge in [-0.05, 0) is 87.9 Å². The molecule has 0 radical (unpaired) electrons. The van der Waals surface area contributed by atoms with Crippen LogP contribution < -0.4 is 14.4 Å². The Balaban J connectivity index is 1.91. The SMILES string of the molecule is COCCN(c1ccc(OC)cc1)S(=O)(=O)c1ccc(C2CN/C=C(\C)CCCN(C)C2)cc1C. The molecule has 35 heavy (non-hydrogen) atoms. The molecule has 0 amide bonds. The fourth-order valence-corrected chi connectivity index (χ4v) is 6.13. The molecule has 1 heterocycles. The number of sulfonamides is 1. The van der Waals surface area contributed by atoms with Gasteiger partial charge in [-0.2, -0.15) is 0 Å². The number of allylic oxidation sites excluding steroid dienone is 1. The van der Waals surface area contributed by atoms with E-state index in [1.165, 1.54) is 9.88 Å². The molecule has 192 valence electrons. The first-order valence-electron chi connectivity index (χ1n) is 12.1. The molecule has 1 N–H and O–H groups in total. The standard InChI is InChI=1S/C27H39N3O4S/c1-21-7-6-14-29(3)20-24(19-28-18-21)23-8-13-27(22(2)17-23)35(31,32)30(15-16-33-4)25-9-11-26(34-5)12-10-25/h8-13,17-18,24,28H,6-7,14-16,19-20H2,1-5H3/b21-18+. The van der Waals surface area contributed by atoms with E-state index in [1.807, 2.05) is 19.1 Å². The van der Waals surface area contributed by atoms with Crippen LogP contribution in [0.5, 0.6) is 5.75 Å². The highest BCUT2D eigenvalue weighted by molar-refractivity contribution is 7.92. The fraction of sp³-hybridized carbons (Fsp3) is 0.481. The number of aryl methyl sites for hydroxylation is 1. The van der Waals surface area contributed by atoms with Crippen LogP contribution in [0.2, 0.25) is 0 Å². The normalized spacial score (nSPS) is 19.3. The average molecular weight is 502 g/mol. The van der Waals surface area contributed by atoms with Crippen LogP contribution in [-0.4, -0.2) is 67.4 Å². The van der Waals surface area contributed by atoms with Gasteiger partial charge < -0.3 is 19.7 Å². The summed E-state index contributed by atoms with van der Waals surface area (Å²) in [6.45, 7) is 7.30. The number of nitrogens with zero attached hydrogens (tertiary/aromatic N) is 2. The largest absolute Gasteiger partial charge is 0.497 e. The van der Waals surface area contributed by atoms with E-state index in [1.54, 1.807) is 44.6 Å². The summed E-state index contributed by atoms with van der Waals surface area (Å²) in [5.74, 6) is 0.927. The molecule has 0 fully saturated rings. The van der Waals surface area contributed by atoms with Gasteiger partial charge in [0.25, 0.3) is 10.0 Å². The smallest absolute Gasteiger partial charge is 0.264 e. The van der Waals surface area contributed by atoms with E-state index >= 15 is 0 Å². The summed E-state index contributed by atoms with van der Waals surface area (Å²) >= 11 is 0. The summed E-state index contributed by atoms with van der Waals surface area (Å²) in [4.78, 5) is 2.67. The zero-order valence-electron chi connectivity index (χ0n) is 21.6. The number of methoxy groups -OCH3 is 2. The number of nitrogens with one attached hydrogen (secondary N) is 1. The summed E-state index contributed by atoms with van der Waals surface area (Å²) in [5.41, 5.74) is 3.81. The molecule has 0 bridgehead atoms. The minimum Gasteiger partial charge on any atom is -0.497 e. The Kier molecular flexibility index (Phi) is 9.60. The average Bonchev–Trinajstić information content (AvgIpc) is 2.83. The molecule has 1 unspecified atom stereocenters. The highest BCUT2D eigenvalue weighted by atomic mass is 32.2. The molecular weight excluding hydrogens is 462 g/mol. The molecule has 0 aromatic heterocycles. The number of anilines is 1. The van der Waals surface area contributed by atoms with Gasteiger partial charge in [-0.3, -0.25) is 4.31 Å². The maximum atomic E-state index is 13.8. The monoisotopic (exact) mass is 501 g/mol. The van der Waals surface area contributed by atoms with E-state index in [-0.39, 0.29) is 19.1 Å². The Labute approximate surface area is 210 Å². The molecule has 0 saturated carbocycles. The van der Waals surface area contributed by atoms with Gasteiger partial charge in [-0.15, -0.1) is 0 Å². The van der Waals surface area contributed by atoms with Gasteiger partial charge in [0, 0.05) is 26.1 Å². The van der Waals surface area contributed by atoms with E-state index in [9.17, 15) is 8.42 Å². The number of rotatable bonds is 8. The second-order valence-electron chi connectivity index (χ2n) is 9.25. The van der Waals surface area contributed by atoms with Crippen molar-refractivity contribution in [2.24, 2.45) is 0 Å². The van der Waals surface area contributed by atoms with Crippen LogP contribution in [0, 0.1) is 6.92 Å². The molecule has 0 spiro atoms. The maximum Gasteiger partial charge on any atom is 0.264 e. The van der Waals surface area contributed by atoms with Crippen molar-refractivity contribution >= 4 is 15.7 Å². The lowest BCUT2D eigenvalue weighted by molar-refractivity contribution is 0.208. The number of likely N-dealkylation sites (N-methyl/N-ethyl adjacent to an activating group) is 1. The summed E-state index contributed by atoms with van der Waals surface area (Å²) < 4.78 is 39.4. The Morgan fingerprint density at radius 1 is 1.11 bits per heavy atom. The van der Waals surface area contributed by atoms with Crippen LogP contribution in [-0.2, 0) is 14.8 Å². The molecule has 3 rings (SSSR count). The lowest BCUT2D eigenvalue weighted by atomic mass is 9.96. The molecule has 2 aromatic carbocycles. The van der Waals surface area contributed by atoms with Gasteiger partial charge in [-0.1, -0.05) is 17.7 Å². The Morgan fingerprint density at radius 2 is 1.86 bits per heavy atom. The lowest BCUT2D eigenvalue weighted by Gasteiger charge is -2.28. The zero-order chi connectivity index (χ0) is 25.4. The highest BCUT2D eigenvalue weighted by Crippen LogP contribution is 2.29. The Hall–Kier alpha value is -2.55. The first-order valence-corrected chi connectivity index (χ1v) is 13.5. The molecular formula is C27H39N3O4S.